The van der Waals surface area contributed by atoms with Crippen LogP contribution in [0.1, 0.15) is 6.42 Å². The summed E-state index contributed by atoms with van der Waals surface area (Å²) < 4.78 is 5.43. The lowest BCUT2D eigenvalue weighted by atomic mass is 10.1. The summed E-state index contributed by atoms with van der Waals surface area (Å²) in [7, 11) is 0. The van der Waals surface area contributed by atoms with Crippen molar-refractivity contribution in [3.8, 4) is 5.75 Å². The molecule has 1 aliphatic rings. The van der Waals surface area contributed by atoms with E-state index >= 15 is 0 Å². The Kier molecular flexibility index (Phi) is 3.65. The molecule has 2 rings (SSSR count). The number of para-hydroxylation sites is 2. The summed E-state index contributed by atoms with van der Waals surface area (Å²) in [5, 5.41) is 4.95. The largest absolute Gasteiger partial charge is 0.478 e. The van der Waals surface area contributed by atoms with E-state index in [1.165, 1.54) is 0 Å². The second-order valence-corrected chi connectivity index (χ2v) is 4.04. The second kappa shape index (κ2) is 5.38. The van der Waals surface area contributed by atoms with Gasteiger partial charge in [0.1, 0.15) is 5.75 Å². The molecule has 1 aromatic carbocycles. The van der Waals surface area contributed by atoms with E-state index in [4.69, 9.17) is 10.5 Å². The zero-order chi connectivity index (χ0) is 13.8. The van der Waals surface area contributed by atoms with Crippen LogP contribution >= 0.6 is 0 Å². The second-order valence-electron chi connectivity index (χ2n) is 4.04. The number of amides is 3. The molecule has 1 heterocycles. The molecule has 1 atom stereocenters. The Balaban J connectivity index is 1.97. The molecule has 0 radical (unpaired) electrons. The van der Waals surface area contributed by atoms with Crippen LogP contribution in [0.3, 0.4) is 0 Å². The first kappa shape index (κ1) is 12.9. The number of benzene rings is 1. The molecule has 0 spiro atoms. The van der Waals surface area contributed by atoms with Gasteiger partial charge in [-0.25, -0.2) is 0 Å². The number of carbonyl (C=O) groups is 3. The maximum atomic E-state index is 11.7. The topological polar surface area (TPSA) is 111 Å². The lowest BCUT2D eigenvalue weighted by Gasteiger charge is -2.25. The van der Waals surface area contributed by atoms with Gasteiger partial charge < -0.3 is 21.1 Å². The van der Waals surface area contributed by atoms with Crippen molar-refractivity contribution in [1.29, 1.82) is 0 Å². The van der Waals surface area contributed by atoms with Crippen molar-refractivity contribution in [1.82, 2.24) is 5.32 Å². The van der Waals surface area contributed by atoms with E-state index in [-0.39, 0.29) is 13.0 Å². The third-order valence-electron chi connectivity index (χ3n) is 2.54. The van der Waals surface area contributed by atoms with Gasteiger partial charge in [0.25, 0.3) is 5.91 Å². The minimum Gasteiger partial charge on any atom is -0.478 e. The van der Waals surface area contributed by atoms with E-state index < -0.39 is 23.8 Å². The third kappa shape index (κ3) is 3.21. The molecule has 3 amide bonds. The first-order chi connectivity index (χ1) is 9.06. The van der Waals surface area contributed by atoms with Crippen molar-refractivity contribution >= 4 is 23.4 Å². The Morgan fingerprint density at radius 3 is 2.84 bits per heavy atom. The number of carbonyl (C=O) groups excluding carboxylic acids is 3. The van der Waals surface area contributed by atoms with Crippen molar-refractivity contribution in [3.63, 3.8) is 0 Å². The summed E-state index contributed by atoms with van der Waals surface area (Å²) in [6, 6.07) is 6.93. The van der Waals surface area contributed by atoms with Crippen LogP contribution in [-0.2, 0) is 14.4 Å². The fourth-order valence-corrected chi connectivity index (χ4v) is 1.65. The van der Waals surface area contributed by atoms with Crippen LogP contribution in [0.15, 0.2) is 24.3 Å². The number of hydrogen-bond acceptors (Lipinski definition) is 4. The van der Waals surface area contributed by atoms with Gasteiger partial charge in [-0.3, -0.25) is 14.4 Å². The fourth-order valence-electron chi connectivity index (χ4n) is 1.65. The van der Waals surface area contributed by atoms with Gasteiger partial charge in [-0.1, -0.05) is 12.1 Å². The zero-order valence-corrected chi connectivity index (χ0v) is 10.0. The van der Waals surface area contributed by atoms with E-state index in [2.05, 4.69) is 10.6 Å². The van der Waals surface area contributed by atoms with Crippen LogP contribution in [-0.4, -0.2) is 30.4 Å². The predicted octanol–water partition coefficient (Wildman–Crippen LogP) is -0.622. The number of rotatable bonds is 4. The van der Waals surface area contributed by atoms with Crippen LogP contribution in [0, 0.1) is 0 Å². The molecule has 19 heavy (non-hydrogen) atoms. The minimum atomic E-state index is -0.914. The fraction of sp³-hybridized carbons (Fsp3) is 0.250. The summed E-state index contributed by atoms with van der Waals surface area (Å²) in [4.78, 5) is 33.7. The first-order valence-electron chi connectivity index (χ1n) is 5.68. The molecule has 4 N–H and O–H groups in total. The molecule has 0 unspecified atom stereocenters. The Hall–Kier alpha value is -2.57. The number of anilines is 1. The smallest absolute Gasteiger partial charge is 0.266 e. The highest BCUT2D eigenvalue weighted by Gasteiger charge is 2.29. The molecule has 1 aliphatic heterocycles. The van der Waals surface area contributed by atoms with Crippen molar-refractivity contribution in [2.45, 2.75) is 12.5 Å². The number of fused-ring (bicyclic) bond motifs is 1. The lowest BCUT2D eigenvalue weighted by Crippen LogP contribution is -2.42. The summed E-state index contributed by atoms with van der Waals surface area (Å²) in [6.07, 6.45) is -1.09. The van der Waals surface area contributed by atoms with Gasteiger partial charge in [0.05, 0.1) is 18.7 Å². The quantitative estimate of drug-likeness (QED) is 0.672. The van der Waals surface area contributed by atoms with Crippen LogP contribution in [0.5, 0.6) is 5.75 Å². The van der Waals surface area contributed by atoms with Gasteiger partial charge in [-0.2, -0.15) is 0 Å². The van der Waals surface area contributed by atoms with Crippen molar-refractivity contribution in [3.05, 3.63) is 24.3 Å². The SMILES string of the molecule is NC(=O)CNC(=O)C[C@@H]1Oc2ccccc2NC1=O. The predicted molar refractivity (Wildman–Crippen MR) is 66.3 cm³/mol. The van der Waals surface area contributed by atoms with Gasteiger partial charge in [-0.05, 0) is 12.1 Å². The van der Waals surface area contributed by atoms with Crippen LogP contribution in [0.2, 0.25) is 0 Å². The third-order valence-corrected chi connectivity index (χ3v) is 2.54. The Labute approximate surface area is 109 Å². The van der Waals surface area contributed by atoms with Gasteiger partial charge in [0.2, 0.25) is 11.8 Å². The average molecular weight is 263 g/mol. The van der Waals surface area contributed by atoms with Crippen molar-refractivity contribution in [2.75, 3.05) is 11.9 Å². The molecule has 0 saturated heterocycles. The standard InChI is InChI=1S/C12H13N3O4/c13-10(16)6-14-11(17)5-9-12(18)15-7-3-1-2-4-8(7)19-9/h1-4,9H,5-6H2,(H2,13,16)(H,14,17)(H,15,18)/t9-/m0/s1. The van der Waals surface area contributed by atoms with Crippen molar-refractivity contribution in [2.24, 2.45) is 5.73 Å². The van der Waals surface area contributed by atoms with E-state index in [1.54, 1.807) is 24.3 Å². The van der Waals surface area contributed by atoms with Crippen LogP contribution in [0.4, 0.5) is 5.69 Å². The molecule has 0 saturated carbocycles. The Bertz CT molecular complexity index is 529. The molecule has 0 bridgehead atoms. The summed E-state index contributed by atoms with van der Waals surface area (Å²) in [5.74, 6) is -1.01. The maximum Gasteiger partial charge on any atom is 0.266 e. The highest BCUT2D eigenvalue weighted by Crippen LogP contribution is 2.29. The van der Waals surface area contributed by atoms with Gasteiger partial charge in [0, 0.05) is 0 Å². The molecule has 0 aromatic heterocycles. The minimum absolute atomic E-state index is 0.173. The molecule has 7 heteroatoms. The first-order valence-corrected chi connectivity index (χ1v) is 5.68. The van der Waals surface area contributed by atoms with Gasteiger partial charge in [0.15, 0.2) is 6.10 Å². The zero-order valence-electron chi connectivity index (χ0n) is 10.0. The highest BCUT2D eigenvalue weighted by atomic mass is 16.5. The maximum absolute atomic E-state index is 11.7. The van der Waals surface area contributed by atoms with E-state index in [1.807, 2.05) is 0 Å². The normalized spacial score (nSPS) is 16.8. The molecule has 100 valence electrons. The number of hydrogen-bond donors (Lipinski definition) is 3. The number of primary amides is 1. The molecule has 1 aromatic rings. The van der Waals surface area contributed by atoms with E-state index in [0.29, 0.717) is 11.4 Å². The number of ether oxygens (including phenoxy) is 1. The summed E-state index contributed by atoms with van der Waals surface area (Å²) >= 11 is 0. The number of nitrogens with one attached hydrogen (secondary N) is 2. The van der Waals surface area contributed by atoms with E-state index in [9.17, 15) is 14.4 Å². The number of nitrogens with two attached hydrogens (primary N) is 1. The Morgan fingerprint density at radius 2 is 2.11 bits per heavy atom. The highest BCUT2D eigenvalue weighted by molar-refractivity contribution is 6.00. The molecule has 7 nitrogen and oxygen atoms in total. The molecule has 0 aliphatic carbocycles. The van der Waals surface area contributed by atoms with E-state index in [0.717, 1.165) is 0 Å². The van der Waals surface area contributed by atoms with Crippen LogP contribution in [0.25, 0.3) is 0 Å². The molecular formula is C12H13N3O4. The molecular weight excluding hydrogens is 250 g/mol. The average Bonchev–Trinajstić information content (AvgIpc) is 2.37. The summed E-state index contributed by atoms with van der Waals surface area (Å²) in [5.41, 5.74) is 5.47. The van der Waals surface area contributed by atoms with Gasteiger partial charge >= 0.3 is 0 Å². The van der Waals surface area contributed by atoms with Gasteiger partial charge in [-0.15, -0.1) is 0 Å². The van der Waals surface area contributed by atoms with Crippen LogP contribution < -0.4 is 21.1 Å². The Morgan fingerprint density at radius 1 is 1.37 bits per heavy atom. The lowest BCUT2D eigenvalue weighted by molar-refractivity contribution is -0.131. The van der Waals surface area contributed by atoms with Crippen molar-refractivity contribution < 1.29 is 19.1 Å². The summed E-state index contributed by atoms with van der Waals surface area (Å²) in [6.45, 7) is -0.260. The monoisotopic (exact) mass is 263 g/mol. The molecule has 0 fully saturated rings.